The first-order valence-electron chi connectivity index (χ1n) is 8.00. The lowest BCUT2D eigenvalue weighted by atomic mass is 10.1. The second-order valence-corrected chi connectivity index (χ2v) is 6.80. The maximum absolute atomic E-state index is 13.0. The number of amides is 1. The second-order valence-electron chi connectivity index (χ2n) is 5.99. The van der Waals surface area contributed by atoms with Gasteiger partial charge in [0, 0.05) is 25.4 Å². The van der Waals surface area contributed by atoms with E-state index in [0.717, 1.165) is 11.1 Å². The molecule has 0 spiro atoms. The highest BCUT2D eigenvalue weighted by Crippen LogP contribution is 2.29. The van der Waals surface area contributed by atoms with Crippen molar-refractivity contribution >= 4 is 41.5 Å². The summed E-state index contributed by atoms with van der Waals surface area (Å²) in [4.78, 5) is 14.8. The molecule has 0 bridgehead atoms. The van der Waals surface area contributed by atoms with Crippen molar-refractivity contribution in [3.05, 3.63) is 51.8 Å². The normalized spacial score (nSPS) is 18.3. The molecule has 0 radical (unpaired) electrons. The van der Waals surface area contributed by atoms with Crippen molar-refractivity contribution in [3.63, 3.8) is 0 Å². The minimum atomic E-state index is -0.429. The number of nitrogens with one attached hydrogen (secondary N) is 1. The molecule has 1 aliphatic heterocycles. The molecule has 2 aromatic rings. The number of carbonyl (C=O) groups is 1. The Bertz CT molecular complexity index is 768. The van der Waals surface area contributed by atoms with Crippen LogP contribution in [0, 0.1) is 0 Å². The van der Waals surface area contributed by atoms with Gasteiger partial charge in [-0.1, -0.05) is 29.3 Å². The van der Waals surface area contributed by atoms with Crippen LogP contribution in [0.1, 0.15) is 23.3 Å². The Morgan fingerprint density at radius 3 is 2.77 bits per heavy atom. The first-order chi connectivity index (χ1) is 12.0. The van der Waals surface area contributed by atoms with E-state index in [1.807, 2.05) is 24.2 Å². The van der Waals surface area contributed by atoms with Crippen molar-refractivity contribution in [1.82, 2.24) is 20.0 Å². The van der Waals surface area contributed by atoms with Crippen molar-refractivity contribution in [2.24, 2.45) is 7.05 Å². The molecule has 1 fully saturated rings. The largest absolute Gasteiger partial charge is 0.370 e. The maximum atomic E-state index is 13.0. The Balaban J connectivity index is 0.00000243. The number of aromatic nitrogens is 2. The third kappa shape index (κ3) is 4.50. The summed E-state index contributed by atoms with van der Waals surface area (Å²) >= 11 is 12.1. The predicted octanol–water partition coefficient (Wildman–Crippen LogP) is 3.01. The summed E-state index contributed by atoms with van der Waals surface area (Å²) in [6, 6.07) is 4.99. The fraction of sp³-hybridized carbons (Fsp3) is 0.412. The molecule has 2 unspecified atom stereocenters. The van der Waals surface area contributed by atoms with E-state index < -0.39 is 6.04 Å². The van der Waals surface area contributed by atoms with Gasteiger partial charge in [-0.2, -0.15) is 5.10 Å². The molecule has 0 saturated carbocycles. The molecule has 1 saturated heterocycles. The summed E-state index contributed by atoms with van der Waals surface area (Å²) in [6.07, 6.45) is 3.32. The molecule has 3 rings (SSSR count). The highest BCUT2D eigenvalue weighted by Gasteiger charge is 2.31. The predicted molar refractivity (Wildman–Crippen MR) is 104 cm³/mol. The third-order valence-corrected chi connectivity index (χ3v) is 5.03. The van der Waals surface area contributed by atoms with Gasteiger partial charge in [0.2, 0.25) is 5.91 Å². The Kier molecular flexibility index (Phi) is 7.32. The molecule has 0 aliphatic carbocycles. The number of rotatable bonds is 4. The van der Waals surface area contributed by atoms with Gasteiger partial charge in [0.1, 0.15) is 12.1 Å². The number of morpholine rings is 1. The Morgan fingerprint density at radius 2 is 2.15 bits per heavy atom. The summed E-state index contributed by atoms with van der Waals surface area (Å²) < 4.78 is 7.52. The molecular formula is C17H21Cl3N4O2. The molecule has 1 N–H and O–H groups in total. The molecular weight excluding hydrogens is 399 g/mol. The fourth-order valence-electron chi connectivity index (χ4n) is 2.97. The third-order valence-electron chi connectivity index (χ3n) is 4.29. The monoisotopic (exact) mass is 418 g/mol. The van der Waals surface area contributed by atoms with Gasteiger partial charge >= 0.3 is 0 Å². The number of aryl methyl sites for hydroxylation is 1. The highest BCUT2D eigenvalue weighted by atomic mass is 35.5. The number of ether oxygens (including phenoxy) is 1. The van der Waals surface area contributed by atoms with Crippen LogP contribution < -0.4 is 5.32 Å². The first kappa shape index (κ1) is 21.0. The Labute approximate surface area is 168 Å². The molecule has 142 valence electrons. The van der Waals surface area contributed by atoms with Crippen LogP contribution in [0.3, 0.4) is 0 Å². The van der Waals surface area contributed by atoms with Crippen molar-refractivity contribution in [1.29, 1.82) is 0 Å². The van der Waals surface area contributed by atoms with E-state index in [1.165, 1.54) is 0 Å². The first-order valence-corrected chi connectivity index (χ1v) is 8.76. The zero-order chi connectivity index (χ0) is 18.0. The van der Waals surface area contributed by atoms with Gasteiger partial charge in [0.15, 0.2) is 0 Å². The molecule has 1 aromatic carbocycles. The fourth-order valence-corrected chi connectivity index (χ4v) is 3.27. The lowest BCUT2D eigenvalue weighted by molar-refractivity contribution is -0.141. The van der Waals surface area contributed by atoms with Gasteiger partial charge < -0.3 is 15.0 Å². The highest BCUT2D eigenvalue weighted by molar-refractivity contribution is 6.42. The second kappa shape index (κ2) is 9.06. The molecule has 26 heavy (non-hydrogen) atoms. The summed E-state index contributed by atoms with van der Waals surface area (Å²) in [5.74, 6) is 0.00357. The number of halogens is 3. The zero-order valence-electron chi connectivity index (χ0n) is 14.5. The average Bonchev–Trinajstić information content (AvgIpc) is 3.04. The number of carbonyl (C=O) groups excluding carboxylic acids is 1. The number of hydrogen-bond acceptors (Lipinski definition) is 4. The SMILES string of the molecule is CNC(C(=O)N1CCOC(c2ccc(Cl)c(Cl)c2)C1)c1cnn(C)c1.Cl. The van der Waals surface area contributed by atoms with Crippen LogP contribution in [-0.2, 0) is 16.6 Å². The minimum Gasteiger partial charge on any atom is -0.370 e. The average molecular weight is 420 g/mol. The molecule has 1 aliphatic rings. The number of hydrogen-bond donors (Lipinski definition) is 1. The smallest absolute Gasteiger partial charge is 0.244 e. The van der Waals surface area contributed by atoms with Crippen LogP contribution in [0.25, 0.3) is 0 Å². The van der Waals surface area contributed by atoms with Crippen LogP contribution in [0.5, 0.6) is 0 Å². The van der Waals surface area contributed by atoms with E-state index in [0.29, 0.717) is 29.7 Å². The lowest BCUT2D eigenvalue weighted by Crippen LogP contribution is -2.46. The van der Waals surface area contributed by atoms with E-state index in [-0.39, 0.29) is 24.4 Å². The van der Waals surface area contributed by atoms with E-state index in [4.69, 9.17) is 27.9 Å². The van der Waals surface area contributed by atoms with E-state index in [2.05, 4.69) is 10.4 Å². The Hall–Kier alpha value is -1.31. The number of benzene rings is 1. The summed E-state index contributed by atoms with van der Waals surface area (Å²) in [5.41, 5.74) is 1.75. The zero-order valence-corrected chi connectivity index (χ0v) is 16.8. The summed E-state index contributed by atoms with van der Waals surface area (Å²) in [6.45, 7) is 1.49. The van der Waals surface area contributed by atoms with Gasteiger partial charge in [0.25, 0.3) is 0 Å². The molecule has 2 heterocycles. The standard InChI is InChI=1S/C17H20Cl2N4O2.ClH/c1-20-16(12-8-21-22(2)9-12)17(24)23-5-6-25-15(10-23)11-3-4-13(18)14(19)7-11;/h3-4,7-9,15-16,20H,5-6,10H2,1-2H3;1H. The van der Waals surface area contributed by atoms with Crippen molar-refractivity contribution in [3.8, 4) is 0 Å². The molecule has 6 nitrogen and oxygen atoms in total. The quantitative estimate of drug-likeness (QED) is 0.827. The topological polar surface area (TPSA) is 59.4 Å². The van der Waals surface area contributed by atoms with Crippen LogP contribution in [-0.4, -0.2) is 47.3 Å². The molecule has 1 aromatic heterocycles. The van der Waals surface area contributed by atoms with E-state index in [9.17, 15) is 4.79 Å². The van der Waals surface area contributed by atoms with Crippen LogP contribution in [0.4, 0.5) is 0 Å². The van der Waals surface area contributed by atoms with E-state index in [1.54, 1.807) is 30.1 Å². The van der Waals surface area contributed by atoms with Gasteiger partial charge in [0.05, 0.1) is 29.4 Å². The van der Waals surface area contributed by atoms with Gasteiger partial charge in [-0.25, -0.2) is 0 Å². The molecule has 9 heteroatoms. The summed E-state index contributed by atoms with van der Waals surface area (Å²) in [5, 5.41) is 8.21. The van der Waals surface area contributed by atoms with Crippen molar-refractivity contribution in [2.45, 2.75) is 12.1 Å². The lowest BCUT2D eigenvalue weighted by Gasteiger charge is -2.35. The Morgan fingerprint density at radius 1 is 1.38 bits per heavy atom. The van der Waals surface area contributed by atoms with Crippen LogP contribution >= 0.6 is 35.6 Å². The van der Waals surface area contributed by atoms with Gasteiger partial charge in [-0.3, -0.25) is 9.48 Å². The molecule has 2 atom stereocenters. The van der Waals surface area contributed by atoms with Gasteiger partial charge in [-0.05, 0) is 24.7 Å². The van der Waals surface area contributed by atoms with E-state index >= 15 is 0 Å². The maximum Gasteiger partial charge on any atom is 0.244 e. The van der Waals surface area contributed by atoms with Crippen molar-refractivity contribution in [2.75, 3.05) is 26.7 Å². The number of likely N-dealkylation sites (N-methyl/N-ethyl adjacent to an activating group) is 1. The van der Waals surface area contributed by atoms with Gasteiger partial charge in [-0.15, -0.1) is 12.4 Å². The number of nitrogens with zero attached hydrogens (tertiary/aromatic N) is 3. The summed E-state index contributed by atoms with van der Waals surface area (Å²) in [7, 11) is 3.60. The minimum absolute atomic E-state index is 0. The van der Waals surface area contributed by atoms with Crippen molar-refractivity contribution < 1.29 is 9.53 Å². The molecule has 1 amide bonds. The van der Waals surface area contributed by atoms with Crippen LogP contribution in [0.15, 0.2) is 30.6 Å². The van der Waals surface area contributed by atoms with Crippen LogP contribution in [0.2, 0.25) is 10.0 Å².